The van der Waals surface area contributed by atoms with Crippen LogP contribution in [0.15, 0.2) is 4.99 Å². The Morgan fingerprint density at radius 2 is 1.96 bits per heavy atom. The van der Waals surface area contributed by atoms with Gasteiger partial charge >= 0.3 is 6.09 Å². The summed E-state index contributed by atoms with van der Waals surface area (Å²) in [6.07, 6.45) is 4.13. The molecule has 1 unspecified atom stereocenters. The van der Waals surface area contributed by atoms with Crippen LogP contribution >= 0.6 is 24.0 Å². The standard InChI is InChI=1S/C16H31N5O2.HI/c1-4-23-16(22)21-9-7-13(8-10-21)19-15(17)18-11-14(20(2)3)12-5-6-12;/h12-14H,4-11H2,1-3H3,(H3,17,18,19);1H. The first kappa shape index (κ1) is 21.3. The van der Waals surface area contributed by atoms with Crippen LogP contribution in [0.3, 0.4) is 0 Å². The summed E-state index contributed by atoms with van der Waals surface area (Å²) in [4.78, 5) is 20.2. The maximum Gasteiger partial charge on any atom is 0.409 e. The number of carbonyl (C=O) groups excluding carboxylic acids is 1. The van der Waals surface area contributed by atoms with E-state index in [9.17, 15) is 4.79 Å². The molecule has 1 amide bonds. The minimum atomic E-state index is -0.217. The molecule has 1 aliphatic carbocycles. The molecule has 140 valence electrons. The average molecular weight is 453 g/mol. The normalized spacial score (nSPS) is 20.5. The summed E-state index contributed by atoms with van der Waals surface area (Å²) in [6, 6.07) is 0.768. The summed E-state index contributed by atoms with van der Waals surface area (Å²) in [5, 5.41) is 3.29. The van der Waals surface area contributed by atoms with Crippen LogP contribution in [0.1, 0.15) is 32.6 Å². The lowest BCUT2D eigenvalue weighted by molar-refractivity contribution is 0.0963. The van der Waals surface area contributed by atoms with Crippen molar-refractivity contribution in [3.63, 3.8) is 0 Å². The van der Waals surface area contributed by atoms with Gasteiger partial charge in [-0.3, -0.25) is 4.99 Å². The molecule has 2 aliphatic rings. The predicted octanol–water partition coefficient (Wildman–Crippen LogP) is 1.47. The second-order valence-electron chi connectivity index (χ2n) is 6.70. The van der Waals surface area contributed by atoms with Crippen molar-refractivity contribution in [1.82, 2.24) is 15.1 Å². The van der Waals surface area contributed by atoms with E-state index in [1.54, 1.807) is 4.90 Å². The second-order valence-corrected chi connectivity index (χ2v) is 6.70. The third-order valence-electron chi connectivity index (χ3n) is 4.65. The maximum atomic E-state index is 11.7. The van der Waals surface area contributed by atoms with E-state index in [-0.39, 0.29) is 36.1 Å². The van der Waals surface area contributed by atoms with Crippen molar-refractivity contribution < 1.29 is 9.53 Å². The smallest absolute Gasteiger partial charge is 0.409 e. The minimum Gasteiger partial charge on any atom is -0.450 e. The Hall–Kier alpha value is -0.770. The van der Waals surface area contributed by atoms with Gasteiger partial charge in [0.05, 0.1) is 13.2 Å². The van der Waals surface area contributed by atoms with Crippen molar-refractivity contribution in [1.29, 1.82) is 0 Å². The van der Waals surface area contributed by atoms with E-state index in [0.29, 0.717) is 31.7 Å². The first-order chi connectivity index (χ1) is 11.0. The highest BCUT2D eigenvalue weighted by atomic mass is 127. The van der Waals surface area contributed by atoms with Gasteiger partial charge in [-0.15, -0.1) is 24.0 Å². The van der Waals surface area contributed by atoms with Gasteiger partial charge in [-0.25, -0.2) is 4.79 Å². The molecule has 0 bridgehead atoms. The quantitative estimate of drug-likeness (QED) is 0.362. The molecule has 24 heavy (non-hydrogen) atoms. The van der Waals surface area contributed by atoms with Gasteiger partial charge in [0.2, 0.25) is 0 Å². The summed E-state index contributed by atoms with van der Waals surface area (Å²) in [5.41, 5.74) is 6.03. The highest BCUT2D eigenvalue weighted by molar-refractivity contribution is 14.0. The molecule has 2 fully saturated rings. The molecule has 2 rings (SSSR count). The number of hydrogen-bond donors (Lipinski definition) is 2. The third kappa shape index (κ3) is 6.62. The molecular weight excluding hydrogens is 421 g/mol. The molecule has 0 radical (unpaired) electrons. The molecule has 3 N–H and O–H groups in total. The number of nitrogens with one attached hydrogen (secondary N) is 1. The van der Waals surface area contributed by atoms with Crippen LogP contribution in [-0.4, -0.2) is 74.3 Å². The van der Waals surface area contributed by atoms with Gasteiger partial charge in [-0.1, -0.05) is 0 Å². The molecule has 1 saturated heterocycles. The Kier molecular flexibility index (Phi) is 9.11. The zero-order valence-electron chi connectivity index (χ0n) is 15.0. The van der Waals surface area contributed by atoms with E-state index < -0.39 is 0 Å². The van der Waals surface area contributed by atoms with Crippen LogP contribution in [0, 0.1) is 5.92 Å². The van der Waals surface area contributed by atoms with Gasteiger partial charge in [0.1, 0.15) is 0 Å². The van der Waals surface area contributed by atoms with E-state index in [1.807, 2.05) is 6.92 Å². The number of nitrogens with zero attached hydrogens (tertiary/aromatic N) is 3. The van der Waals surface area contributed by atoms with E-state index in [2.05, 4.69) is 29.3 Å². The van der Waals surface area contributed by atoms with Gasteiger partial charge in [0.15, 0.2) is 5.96 Å². The molecule has 1 atom stereocenters. The van der Waals surface area contributed by atoms with E-state index in [1.165, 1.54) is 12.8 Å². The average Bonchev–Trinajstić information content (AvgIpc) is 3.33. The van der Waals surface area contributed by atoms with E-state index in [4.69, 9.17) is 10.5 Å². The van der Waals surface area contributed by atoms with Crippen LogP contribution in [0.25, 0.3) is 0 Å². The van der Waals surface area contributed by atoms with E-state index >= 15 is 0 Å². The number of rotatable bonds is 6. The molecular formula is C16H32IN5O2. The van der Waals surface area contributed by atoms with Crippen LogP contribution < -0.4 is 11.1 Å². The van der Waals surface area contributed by atoms with Crippen molar-refractivity contribution in [3.05, 3.63) is 0 Å². The first-order valence-electron chi connectivity index (χ1n) is 8.65. The van der Waals surface area contributed by atoms with Crippen LogP contribution in [0.5, 0.6) is 0 Å². The summed E-state index contributed by atoms with van der Waals surface area (Å²) in [6.45, 7) is 4.40. The SMILES string of the molecule is CCOC(=O)N1CCC(NC(N)=NCC(C2CC2)N(C)C)CC1.I. The number of carbonyl (C=O) groups is 1. The van der Waals surface area contributed by atoms with Crippen molar-refractivity contribution in [2.45, 2.75) is 44.7 Å². The van der Waals surface area contributed by atoms with E-state index in [0.717, 1.165) is 25.3 Å². The van der Waals surface area contributed by atoms with Crippen molar-refractivity contribution in [2.24, 2.45) is 16.6 Å². The number of likely N-dealkylation sites (tertiary alicyclic amines) is 1. The topological polar surface area (TPSA) is 83.2 Å². The fraction of sp³-hybridized carbons (Fsp3) is 0.875. The Morgan fingerprint density at radius 3 is 2.46 bits per heavy atom. The second kappa shape index (κ2) is 10.3. The Labute approximate surface area is 162 Å². The molecule has 0 aromatic carbocycles. The zero-order chi connectivity index (χ0) is 16.8. The third-order valence-corrected chi connectivity index (χ3v) is 4.65. The molecule has 1 heterocycles. The number of amides is 1. The van der Waals surface area contributed by atoms with Gasteiger partial charge in [0.25, 0.3) is 0 Å². The van der Waals surface area contributed by atoms with Gasteiger partial charge in [-0.05, 0) is 52.6 Å². The summed E-state index contributed by atoms with van der Waals surface area (Å²) in [5.74, 6) is 1.29. The number of guanidine groups is 1. The number of likely N-dealkylation sites (N-methyl/N-ethyl adjacent to an activating group) is 1. The zero-order valence-corrected chi connectivity index (χ0v) is 17.4. The number of piperidine rings is 1. The van der Waals surface area contributed by atoms with Gasteiger partial charge in [0, 0.05) is 25.2 Å². The number of aliphatic imine (C=N–C) groups is 1. The number of ether oxygens (including phenoxy) is 1. The lowest BCUT2D eigenvalue weighted by Crippen LogP contribution is -2.48. The lowest BCUT2D eigenvalue weighted by atomic mass is 10.1. The Balaban J connectivity index is 0.00000288. The Morgan fingerprint density at radius 1 is 1.33 bits per heavy atom. The molecule has 1 aliphatic heterocycles. The van der Waals surface area contributed by atoms with Crippen LogP contribution in [-0.2, 0) is 4.74 Å². The largest absolute Gasteiger partial charge is 0.450 e. The van der Waals surface area contributed by atoms with Crippen LogP contribution in [0.4, 0.5) is 4.79 Å². The van der Waals surface area contributed by atoms with Crippen molar-refractivity contribution in [2.75, 3.05) is 40.3 Å². The maximum absolute atomic E-state index is 11.7. The highest BCUT2D eigenvalue weighted by Gasteiger charge is 2.32. The minimum absolute atomic E-state index is 0. The summed E-state index contributed by atoms with van der Waals surface area (Å²) in [7, 11) is 4.21. The fourth-order valence-electron chi connectivity index (χ4n) is 3.08. The Bertz CT molecular complexity index is 419. The number of nitrogens with two attached hydrogens (primary N) is 1. The first-order valence-corrected chi connectivity index (χ1v) is 8.65. The predicted molar refractivity (Wildman–Crippen MR) is 107 cm³/mol. The molecule has 0 aromatic rings. The molecule has 1 saturated carbocycles. The summed E-state index contributed by atoms with van der Waals surface area (Å²) < 4.78 is 5.03. The fourth-order valence-corrected chi connectivity index (χ4v) is 3.08. The van der Waals surface area contributed by atoms with Crippen molar-refractivity contribution in [3.8, 4) is 0 Å². The van der Waals surface area contributed by atoms with Gasteiger partial charge in [-0.2, -0.15) is 0 Å². The molecule has 0 aromatic heterocycles. The van der Waals surface area contributed by atoms with Crippen LogP contribution in [0.2, 0.25) is 0 Å². The molecule has 0 spiro atoms. The number of halogens is 1. The van der Waals surface area contributed by atoms with Crippen molar-refractivity contribution >= 4 is 36.0 Å². The molecule has 7 nitrogen and oxygen atoms in total. The number of hydrogen-bond acceptors (Lipinski definition) is 4. The monoisotopic (exact) mass is 453 g/mol. The molecule has 8 heteroatoms. The highest BCUT2D eigenvalue weighted by Crippen LogP contribution is 2.34. The van der Waals surface area contributed by atoms with Gasteiger partial charge < -0.3 is 25.6 Å². The summed E-state index contributed by atoms with van der Waals surface area (Å²) >= 11 is 0. The lowest BCUT2D eigenvalue weighted by Gasteiger charge is -2.32.